The topological polar surface area (TPSA) is 44.4 Å². The monoisotopic (exact) mass is 271 g/mol. The average molecular weight is 272 g/mol. The summed E-state index contributed by atoms with van der Waals surface area (Å²) in [5, 5.41) is 7.09. The molecule has 0 saturated carbocycles. The van der Waals surface area contributed by atoms with Crippen molar-refractivity contribution in [3.05, 3.63) is 22.2 Å². The first kappa shape index (κ1) is 11.1. The van der Waals surface area contributed by atoms with Crippen molar-refractivity contribution in [3.8, 4) is 0 Å². The van der Waals surface area contributed by atoms with E-state index < -0.39 is 0 Å². The number of carbonyl (C=O) groups is 1. The summed E-state index contributed by atoms with van der Waals surface area (Å²) in [5.41, 5.74) is 1.58. The fourth-order valence-corrected chi connectivity index (χ4v) is 2.77. The number of hydrogen-bond donors (Lipinski definition) is 2. The highest BCUT2D eigenvalue weighted by molar-refractivity contribution is 6.44. The van der Waals surface area contributed by atoms with Crippen molar-refractivity contribution in [1.29, 1.82) is 0 Å². The van der Waals surface area contributed by atoms with Crippen LogP contribution in [0.25, 0.3) is 0 Å². The number of hydrogen-bond acceptors (Lipinski definition) is 3. The Bertz CT molecular complexity index is 492. The molecule has 0 aliphatic carbocycles. The van der Waals surface area contributed by atoms with Crippen LogP contribution in [0, 0.1) is 0 Å². The highest BCUT2D eigenvalue weighted by Gasteiger charge is 2.36. The van der Waals surface area contributed by atoms with E-state index >= 15 is 0 Å². The molecule has 0 spiro atoms. The molecule has 0 bridgehead atoms. The number of rotatable bonds is 0. The predicted molar refractivity (Wildman–Crippen MR) is 69.1 cm³/mol. The number of nitrogens with zero attached hydrogens (tertiary/aromatic N) is 1. The van der Waals surface area contributed by atoms with Crippen LogP contribution in [0.5, 0.6) is 0 Å². The van der Waals surface area contributed by atoms with Gasteiger partial charge in [-0.05, 0) is 12.1 Å². The SMILES string of the molecule is O=C1Nc2ccc(Cl)c(Cl)c2N2CCNC[C@@H]12. The summed E-state index contributed by atoms with van der Waals surface area (Å²) < 4.78 is 0. The molecule has 2 aliphatic heterocycles. The van der Waals surface area contributed by atoms with Crippen LogP contribution in [0.2, 0.25) is 10.0 Å². The van der Waals surface area contributed by atoms with E-state index in [1.54, 1.807) is 12.1 Å². The van der Waals surface area contributed by atoms with Crippen LogP contribution in [-0.4, -0.2) is 31.6 Å². The van der Waals surface area contributed by atoms with Gasteiger partial charge in [-0.25, -0.2) is 0 Å². The van der Waals surface area contributed by atoms with Crippen LogP contribution in [0.4, 0.5) is 11.4 Å². The van der Waals surface area contributed by atoms with Gasteiger partial charge in [0.15, 0.2) is 0 Å². The van der Waals surface area contributed by atoms with E-state index in [-0.39, 0.29) is 11.9 Å². The van der Waals surface area contributed by atoms with Crippen LogP contribution in [0.3, 0.4) is 0 Å². The molecular weight excluding hydrogens is 261 g/mol. The maximum atomic E-state index is 11.9. The Labute approximate surface area is 109 Å². The fourth-order valence-electron chi connectivity index (χ4n) is 2.34. The lowest BCUT2D eigenvalue weighted by atomic mass is 10.1. The van der Waals surface area contributed by atoms with Crippen LogP contribution in [0.15, 0.2) is 12.1 Å². The number of nitrogens with one attached hydrogen (secondary N) is 2. The Morgan fingerprint density at radius 3 is 3.00 bits per heavy atom. The molecule has 90 valence electrons. The van der Waals surface area contributed by atoms with Crippen molar-refractivity contribution >= 4 is 40.5 Å². The van der Waals surface area contributed by atoms with Crippen molar-refractivity contribution in [3.63, 3.8) is 0 Å². The van der Waals surface area contributed by atoms with Gasteiger partial charge in [0, 0.05) is 19.6 Å². The van der Waals surface area contributed by atoms with Crippen molar-refractivity contribution < 1.29 is 4.79 Å². The molecule has 2 aliphatic rings. The third-order valence-electron chi connectivity index (χ3n) is 3.16. The number of halogens is 2. The zero-order chi connectivity index (χ0) is 12.0. The lowest BCUT2D eigenvalue weighted by Crippen LogP contribution is -2.59. The van der Waals surface area contributed by atoms with Crippen molar-refractivity contribution in [2.45, 2.75) is 6.04 Å². The third-order valence-corrected chi connectivity index (χ3v) is 3.95. The van der Waals surface area contributed by atoms with Gasteiger partial charge < -0.3 is 15.5 Å². The summed E-state index contributed by atoms with van der Waals surface area (Å²) >= 11 is 12.3. The van der Waals surface area contributed by atoms with E-state index in [2.05, 4.69) is 10.6 Å². The Balaban J connectivity index is 2.14. The van der Waals surface area contributed by atoms with Crippen molar-refractivity contribution in [1.82, 2.24) is 5.32 Å². The second-order valence-corrected chi connectivity index (χ2v) is 4.95. The van der Waals surface area contributed by atoms with E-state index in [1.165, 1.54) is 0 Å². The summed E-state index contributed by atoms with van der Waals surface area (Å²) in [7, 11) is 0. The van der Waals surface area contributed by atoms with Crippen molar-refractivity contribution in [2.24, 2.45) is 0 Å². The number of anilines is 2. The molecule has 2 N–H and O–H groups in total. The lowest BCUT2D eigenvalue weighted by molar-refractivity contribution is -0.117. The number of fused-ring (bicyclic) bond motifs is 3. The summed E-state index contributed by atoms with van der Waals surface area (Å²) in [6.07, 6.45) is 0. The summed E-state index contributed by atoms with van der Waals surface area (Å²) in [4.78, 5) is 13.9. The molecule has 1 atom stereocenters. The molecular formula is C11H11Cl2N3O. The number of carbonyl (C=O) groups excluding carboxylic acids is 1. The molecule has 1 saturated heterocycles. The molecule has 0 radical (unpaired) electrons. The van der Waals surface area contributed by atoms with Gasteiger partial charge in [-0.15, -0.1) is 0 Å². The highest BCUT2D eigenvalue weighted by Crippen LogP contribution is 2.42. The van der Waals surface area contributed by atoms with Crippen LogP contribution >= 0.6 is 23.2 Å². The summed E-state index contributed by atoms with van der Waals surface area (Å²) in [6, 6.07) is 3.29. The first-order valence-electron chi connectivity index (χ1n) is 5.44. The van der Waals surface area contributed by atoms with Crippen LogP contribution in [-0.2, 0) is 4.79 Å². The second-order valence-electron chi connectivity index (χ2n) is 4.16. The first-order chi connectivity index (χ1) is 8.18. The maximum absolute atomic E-state index is 11.9. The largest absolute Gasteiger partial charge is 0.354 e. The highest BCUT2D eigenvalue weighted by atomic mass is 35.5. The number of amides is 1. The Kier molecular flexibility index (Phi) is 2.65. The second kappa shape index (κ2) is 4.05. The fraction of sp³-hybridized carbons (Fsp3) is 0.364. The zero-order valence-electron chi connectivity index (χ0n) is 8.96. The number of benzene rings is 1. The third kappa shape index (κ3) is 1.68. The molecule has 6 heteroatoms. The van der Waals surface area contributed by atoms with E-state index in [4.69, 9.17) is 23.2 Å². The minimum absolute atomic E-state index is 0.00286. The lowest BCUT2D eigenvalue weighted by Gasteiger charge is -2.41. The van der Waals surface area contributed by atoms with Crippen molar-refractivity contribution in [2.75, 3.05) is 29.9 Å². The molecule has 3 rings (SSSR count). The van der Waals surface area contributed by atoms with Gasteiger partial charge in [0.05, 0.1) is 21.4 Å². The van der Waals surface area contributed by atoms with E-state index in [9.17, 15) is 4.79 Å². The van der Waals surface area contributed by atoms with Gasteiger partial charge >= 0.3 is 0 Å². The quantitative estimate of drug-likeness (QED) is 0.756. The van der Waals surface area contributed by atoms with Gasteiger partial charge in [0.25, 0.3) is 0 Å². The van der Waals surface area contributed by atoms with Crippen LogP contribution in [0.1, 0.15) is 0 Å². The smallest absolute Gasteiger partial charge is 0.248 e. The molecule has 0 unspecified atom stereocenters. The molecule has 2 heterocycles. The Morgan fingerprint density at radius 2 is 2.18 bits per heavy atom. The van der Waals surface area contributed by atoms with Gasteiger partial charge in [0.1, 0.15) is 6.04 Å². The molecule has 1 amide bonds. The predicted octanol–water partition coefficient (Wildman–Crippen LogP) is 1.72. The molecule has 4 nitrogen and oxygen atoms in total. The molecule has 1 aromatic rings. The van der Waals surface area contributed by atoms with E-state index in [0.29, 0.717) is 16.6 Å². The van der Waals surface area contributed by atoms with E-state index in [1.807, 2.05) is 4.90 Å². The normalized spacial score (nSPS) is 22.8. The van der Waals surface area contributed by atoms with Gasteiger partial charge in [-0.2, -0.15) is 0 Å². The van der Waals surface area contributed by atoms with E-state index in [0.717, 1.165) is 24.5 Å². The Morgan fingerprint density at radius 1 is 1.35 bits per heavy atom. The summed E-state index contributed by atoms with van der Waals surface area (Å²) in [6.45, 7) is 2.23. The minimum atomic E-state index is -0.202. The average Bonchev–Trinajstić information content (AvgIpc) is 2.34. The van der Waals surface area contributed by atoms with Gasteiger partial charge in [-0.3, -0.25) is 4.79 Å². The van der Waals surface area contributed by atoms with Gasteiger partial charge in [-0.1, -0.05) is 23.2 Å². The zero-order valence-corrected chi connectivity index (χ0v) is 10.5. The minimum Gasteiger partial charge on any atom is -0.354 e. The summed E-state index contributed by atoms with van der Waals surface area (Å²) in [5.74, 6) is 0.00286. The standard InChI is InChI=1S/C11H11Cl2N3O/c12-6-1-2-7-10(9(6)13)16-4-3-14-5-8(16)11(17)15-7/h1-2,8,14H,3-5H2,(H,15,17)/t8-/m0/s1. The molecule has 0 aromatic heterocycles. The molecule has 17 heavy (non-hydrogen) atoms. The first-order valence-corrected chi connectivity index (χ1v) is 6.20. The number of piperazine rings is 1. The molecule has 1 aromatic carbocycles. The van der Waals surface area contributed by atoms with Gasteiger partial charge in [0.2, 0.25) is 5.91 Å². The Hall–Kier alpha value is -0.970. The maximum Gasteiger partial charge on any atom is 0.248 e. The molecule has 1 fully saturated rings. The van der Waals surface area contributed by atoms with Crippen LogP contribution < -0.4 is 15.5 Å².